The third-order valence-corrected chi connectivity index (χ3v) is 3.84. The summed E-state index contributed by atoms with van der Waals surface area (Å²) in [5.41, 5.74) is 1.20. The second-order valence-corrected chi connectivity index (χ2v) is 5.86. The van der Waals surface area contributed by atoms with Crippen molar-refractivity contribution in [3.05, 3.63) is 39.9 Å². The van der Waals surface area contributed by atoms with Gasteiger partial charge in [-0.1, -0.05) is 13.8 Å². The molecule has 2 aromatic rings. The van der Waals surface area contributed by atoms with E-state index in [1.807, 2.05) is 13.8 Å². The average Bonchev–Trinajstić information content (AvgIpc) is 2.96. The van der Waals surface area contributed by atoms with E-state index in [0.717, 1.165) is 0 Å². The summed E-state index contributed by atoms with van der Waals surface area (Å²) in [6.07, 6.45) is 3.41. The van der Waals surface area contributed by atoms with Gasteiger partial charge in [-0.15, -0.1) is 11.3 Å². The molecule has 0 unspecified atom stereocenters. The minimum atomic E-state index is -1.05. The van der Waals surface area contributed by atoms with Gasteiger partial charge in [-0.3, -0.25) is 4.79 Å². The van der Waals surface area contributed by atoms with Gasteiger partial charge < -0.3 is 10.4 Å². The molecular formula is C14H16N4O3S. The van der Waals surface area contributed by atoms with E-state index in [2.05, 4.69) is 20.3 Å². The fourth-order valence-electron chi connectivity index (χ4n) is 1.88. The van der Waals surface area contributed by atoms with Gasteiger partial charge in [0.15, 0.2) is 5.69 Å². The van der Waals surface area contributed by atoms with Crippen LogP contribution < -0.4 is 5.32 Å². The van der Waals surface area contributed by atoms with E-state index in [1.165, 1.54) is 29.2 Å². The van der Waals surface area contributed by atoms with E-state index in [-0.39, 0.29) is 17.5 Å². The molecular weight excluding hydrogens is 304 g/mol. The molecule has 22 heavy (non-hydrogen) atoms. The normalized spacial score (nSPS) is 10.7. The van der Waals surface area contributed by atoms with Crippen molar-refractivity contribution in [1.29, 1.82) is 0 Å². The Bertz CT molecular complexity index is 684. The molecule has 0 fully saturated rings. The standard InChI is InChI=1S/C14H16N4O3S/c1-8(2)12-9(5-15-7-17-12)13(19)16-4-3-11-18-10(6-22-11)14(20)21/h5-8H,3-4H2,1-2H3,(H,16,19)(H,20,21). The Kier molecular flexibility index (Phi) is 5.16. The summed E-state index contributed by atoms with van der Waals surface area (Å²) in [6.45, 7) is 4.29. The minimum absolute atomic E-state index is 0.0323. The molecule has 0 aliphatic carbocycles. The first-order valence-corrected chi connectivity index (χ1v) is 7.62. The van der Waals surface area contributed by atoms with Crippen LogP contribution in [0, 0.1) is 0 Å². The molecule has 0 aliphatic rings. The first-order valence-electron chi connectivity index (χ1n) is 6.74. The maximum absolute atomic E-state index is 12.2. The average molecular weight is 320 g/mol. The predicted octanol–water partition coefficient (Wildman–Crippen LogP) is 1.73. The van der Waals surface area contributed by atoms with Crippen LogP contribution in [-0.4, -0.2) is 38.5 Å². The van der Waals surface area contributed by atoms with Crippen molar-refractivity contribution in [3.63, 3.8) is 0 Å². The Morgan fingerprint density at radius 2 is 2.18 bits per heavy atom. The van der Waals surface area contributed by atoms with Crippen molar-refractivity contribution >= 4 is 23.2 Å². The zero-order chi connectivity index (χ0) is 16.1. The topological polar surface area (TPSA) is 105 Å². The molecule has 0 atom stereocenters. The van der Waals surface area contributed by atoms with E-state index in [9.17, 15) is 9.59 Å². The number of nitrogens with one attached hydrogen (secondary N) is 1. The van der Waals surface area contributed by atoms with Crippen LogP contribution in [-0.2, 0) is 6.42 Å². The van der Waals surface area contributed by atoms with Crippen molar-refractivity contribution in [1.82, 2.24) is 20.3 Å². The highest BCUT2D eigenvalue weighted by Gasteiger charge is 2.15. The molecule has 116 valence electrons. The lowest BCUT2D eigenvalue weighted by Crippen LogP contribution is -2.27. The lowest BCUT2D eigenvalue weighted by molar-refractivity contribution is 0.0690. The molecule has 0 aromatic carbocycles. The second-order valence-electron chi connectivity index (χ2n) is 4.91. The summed E-state index contributed by atoms with van der Waals surface area (Å²) < 4.78 is 0. The number of carbonyl (C=O) groups excluding carboxylic acids is 1. The first kappa shape index (κ1) is 16.0. The first-order chi connectivity index (χ1) is 10.5. The molecule has 0 radical (unpaired) electrons. The Morgan fingerprint density at radius 3 is 2.82 bits per heavy atom. The number of aromatic carboxylic acids is 1. The monoisotopic (exact) mass is 320 g/mol. The maximum Gasteiger partial charge on any atom is 0.355 e. The van der Waals surface area contributed by atoms with Crippen LogP contribution in [0.3, 0.4) is 0 Å². The Morgan fingerprint density at radius 1 is 1.41 bits per heavy atom. The van der Waals surface area contributed by atoms with Gasteiger partial charge in [-0.2, -0.15) is 0 Å². The zero-order valence-corrected chi connectivity index (χ0v) is 13.1. The predicted molar refractivity (Wildman–Crippen MR) is 81.2 cm³/mol. The largest absolute Gasteiger partial charge is 0.476 e. The van der Waals surface area contributed by atoms with Gasteiger partial charge in [0.2, 0.25) is 0 Å². The number of aromatic nitrogens is 3. The molecule has 7 nitrogen and oxygen atoms in total. The number of rotatable bonds is 6. The minimum Gasteiger partial charge on any atom is -0.476 e. The number of hydrogen-bond donors (Lipinski definition) is 2. The summed E-state index contributed by atoms with van der Waals surface area (Å²) >= 11 is 1.27. The van der Waals surface area contributed by atoms with Crippen LogP contribution in [0.2, 0.25) is 0 Å². The van der Waals surface area contributed by atoms with Gasteiger partial charge >= 0.3 is 5.97 Å². The molecule has 2 aromatic heterocycles. The number of carboxylic acid groups (broad SMARTS) is 1. The van der Waals surface area contributed by atoms with Gasteiger partial charge in [-0.25, -0.2) is 19.7 Å². The number of nitrogens with zero attached hydrogens (tertiary/aromatic N) is 3. The lowest BCUT2D eigenvalue weighted by atomic mass is 10.0. The number of carboxylic acids is 1. The lowest BCUT2D eigenvalue weighted by Gasteiger charge is -2.10. The van der Waals surface area contributed by atoms with Crippen LogP contribution in [0.25, 0.3) is 0 Å². The second kappa shape index (κ2) is 7.08. The smallest absolute Gasteiger partial charge is 0.355 e. The highest BCUT2D eigenvalue weighted by Crippen LogP contribution is 2.15. The van der Waals surface area contributed by atoms with Crippen molar-refractivity contribution in [2.24, 2.45) is 0 Å². The fourth-order valence-corrected chi connectivity index (χ4v) is 2.65. The molecule has 0 saturated heterocycles. The van der Waals surface area contributed by atoms with Gasteiger partial charge in [0.25, 0.3) is 5.91 Å². The molecule has 0 saturated carbocycles. The summed E-state index contributed by atoms with van der Waals surface area (Å²) in [7, 11) is 0. The van der Waals surface area contributed by atoms with Crippen molar-refractivity contribution < 1.29 is 14.7 Å². The van der Waals surface area contributed by atoms with E-state index in [0.29, 0.717) is 29.2 Å². The van der Waals surface area contributed by atoms with Crippen LogP contribution in [0.5, 0.6) is 0 Å². The third kappa shape index (κ3) is 3.85. The van der Waals surface area contributed by atoms with E-state index in [4.69, 9.17) is 5.11 Å². The SMILES string of the molecule is CC(C)c1ncncc1C(=O)NCCc1nc(C(=O)O)cs1. The zero-order valence-electron chi connectivity index (χ0n) is 12.2. The quantitative estimate of drug-likeness (QED) is 0.839. The molecule has 8 heteroatoms. The molecule has 0 aliphatic heterocycles. The number of amides is 1. The molecule has 2 N–H and O–H groups in total. The molecule has 1 amide bonds. The molecule has 2 rings (SSSR count). The maximum atomic E-state index is 12.2. The van der Waals surface area contributed by atoms with Crippen LogP contribution in [0.4, 0.5) is 0 Å². The van der Waals surface area contributed by atoms with Gasteiger partial charge in [0.1, 0.15) is 6.33 Å². The fraction of sp³-hybridized carbons (Fsp3) is 0.357. The highest BCUT2D eigenvalue weighted by atomic mass is 32.1. The Hall–Kier alpha value is -2.35. The number of hydrogen-bond acceptors (Lipinski definition) is 6. The number of carbonyl (C=O) groups is 2. The highest BCUT2D eigenvalue weighted by molar-refractivity contribution is 7.09. The van der Waals surface area contributed by atoms with Crippen molar-refractivity contribution in [2.75, 3.05) is 6.54 Å². The van der Waals surface area contributed by atoms with Crippen molar-refractivity contribution in [2.45, 2.75) is 26.2 Å². The van der Waals surface area contributed by atoms with Gasteiger partial charge in [-0.05, 0) is 5.92 Å². The number of thiazole rings is 1. The summed E-state index contributed by atoms with van der Waals surface area (Å²) in [5.74, 6) is -1.16. The van der Waals surface area contributed by atoms with Crippen molar-refractivity contribution in [3.8, 4) is 0 Å². The molecule has 2 heterocycles. The summed E-state index contributed by atoms with van der Waals surface area (Å²) in [5, 5.41) is 13.7. The van der Waals surface area contributed by atoms with E-state index in [1.54, 1.807) is 0 Å². The molecule has 0 bridgehead atoms. The summed E-state index contributed by atoms with van der Waals surface area (Å²) in [6, 6.07) is 0. The van der Waals surface area contributed by atoms with Crippen LogP contribution >= 0.6 is 11.3 Å². The van der Waals surface area contributed by atoms with Gasteiger partial charge in [0, 0.05) is 24.5 Å². The van der Waals surface area contributed by atoms with Gasteiger partial charge in [0.05, 0.1) is 16.3 Å². The Balaban J connectivity index is 1.94. The van der Waals surface area contributed by atoms with E-state index < -0.39 is 5.97 Å². The Labute approximate surface area is 131 Å². The summed E-state index contributed by atoms with van der Waals surface area (Å²) in [4.78, 5) is 34.9. The van der Waals surface area contributed by atoms with Crippen LogP contribution in [0.1, 0.15) is 51.3 Å². The third-order valence-electron chi connectivity index (χ3n) is 2.93. The van der Waals surface area contributed by atoms with E-state index >= 15 is 0 Å². The van der Waals surface area contributed by atoms with Crippen LogP contribution in [0.15, 0.2) is 17.9 Å². The molecule has 0 spiro atoms.